The lowest BCUT2D eigenvalue weighted by Gasteiger charge is -2.30. The molecule has 2 aromatic carbocycles. The van der Waals surface area contributed by atoms with E-state index < -0.39 is 5.82 Å². The summed E-state index contributed by atoms with van der Waals surface area (Å²) in [5.74, 6) is 0.793. The second kappa shape index (κ2) is 10.7. The summed E-state index contributed by atoms with van der Waals surface area (Å²) in [6.07, 6.45) is 11.5. The number of unbranched alkanes of at least 4 members (excludes halogenated alkanes) is 3. The van der Waals surface area contributed by atoms with Gasteiger partial charge in [0, 0.05) is 11.1 Å². The van der Waals surface area contributed by atoms with E-state index >= 15 is 4.39 Å². The SMILES string of the molecule is CCCCCC1CCC(c2ccc3c(c2F)COc2c-3ccc(OCCCC)c2F)CC1. The zero-order valence-electron chi connectivity index (χ0n) is 19.5. The average Bonchev–Trinajstić information content (AvgIpc) is 2.81. The van der Waals surface area contributed by atoms with E-state index in [4.69, 9.17) is 9.47 Å². The van der Waals surface area contributed by atoms with Crippen LogP contribution in [0.25, 0.3) is 11.1 Å². The molecule has 1 saturated carbocycles. The quantitative estimate of drug-likeness (QED) is 0.362. The molecule has 1 aliphatic heterocycles. The fourth-order valence-electron chi connectivity index (χ4n) is 5.27. The molecule has 2 aromatic rings. The first-order valence-electron chi connectivity index (χ1n) is 12.5. The van der Waals surface area contributed by atoms with Crippen molar-refractivity contribution in [3.05, 3.63) is 47.0 Å². The molecule has 174 valence electrons. The van der Waals surface area contributed by atoms with Crippen molar-refractivity contribution in [2.75, 3.05) is 6.61 Å². The highest BCUT2D eigenvalue weighted by Crippen LogP contribution is 2.46. The second-order valence-corrected chi connectivity index (χ2v) is 9.45. The summed E-state index contributed by atoms with van der Waals surface area (Å²) >= 11 is 0. The molecule has 0 saturated heterocycles. The molecule has 0 spiro atoms. The van der Waals surface area contributed by atoms with Crippen LogP contribution < -0.4 is 9.47 Å². The smallest absolute Gasteiger partial charge is 0.207 e. The number of rotatable bonds is 9. The highest BCUT2D eigenvalue weighted by molar-refractivity contribution is 5.77. The van der Waals surface area contributed by atoms with E-state index in [0.29, 0.717) is 17.7 Å². The lowest BCUT2D eigenvalue weighted by Crippen LogP contribution is -2.17. The number of hydrogen-bond acceptors (Lipinski definition) is 2. The number of halogens is 2. The van der Waals surface area contributed by atoms with Gasteiger partial charge in [-0.1, -0.05) is 58.1 Å². The summed E-state index contributed by atoms with van der Waals surface area (Å²) in [7, 11) is 0. The molecular formula is C28H36F2O2. The molecule has 1 heterocycles. The van der Waals surface area contributed by atoms with Crippen molar-refractivity contribution in [1.82, 2.24) is 0 Å². The Labute approximate surface area is 191 Å². The summed E-state index contributed by atoms with van der Waals surface area (Å²) in [6.45, 7) is 4.84. The Hall–Kier alpha value is -2.10. The van der Waals surface area contributed by atoms with Crippen molar-refractivity contribution in [2.24, 2.45) is 5.92 Å². The minimum atomic E-state index is -0.491. The van der Waals surface area contributed by atoms with Crippen molar-refractivity contribution in [2.45, 2.75) is 90.6 Å². The minimum absolute atomic E-state index is 0.0592. The van der Waals surface area contributed by atoms with Gasteiger partial charge in [0.25, 0.3) is 0 Å². The van der Waals surface area contributed by atoms with E-state index in [2.05, 4.69) is 13.8 Å². The highest BCUT2D eigenvalue weighted by Gasteiger charge is 2.30. The Balaban J connectivity index is 1.50. The summed E-state index contributed by atoms with van der Waals surface area (Å²) in [6, 6.07) is 7.31. The third-order valence-corrected chi connectivity index (χ3v) is 7.24. The van der Waals surface area contributed by atoms with Crippen molar-refractivity contribution in [3.8, 4) is 22.6 Å². The van der Waals surface area contributed by atoms with Gasteiger partial charge in [-0.15, -0.1) is 0 Å². The van der Waals surface area contributed by atoms with Gasteiger partial charge >= 0.3 is 0 Å². The molecule has 0 bridgehead atoms. The second-order valence-electron chi connectivity index (χ2n) is 9.45. The Morgan fingerprint density at radius 1 is 0.875 bits per heavy atom. The van der Waals surface area contributed by atoms with E-state index in [0.717, 1.165) is 42.7 Å². The molecule has 2 aliphatic rings. The van der Waals surface area contributed by atoms with Crippen LogP contribution in [0.15, 0.2) is 24.3 Å². The Bertz CT molecular complexity index is 916. The Morgan fingerprint density at radius 3 is 2.38 bits per heavy atom. The van der Waals surface area contributed by atoms with Crippen LogP contribution in [0.2, 0.25) is 0 Å². The van der Waals surface area contributed by atoms with E-state index in [1.807, 2.05) is 12.1 Å². The predicted molar refractivity (Wildman–Crippen MR) is 125 cm³/mol. The van der Waals surface area contributed by atoms with Crippen LogP contribution in [0, 0.1) is 17.6 Å². The fraction of sp³-hybridized carbons (Fsp3) is 0.571. The number of ether oxygens (including phenoxy) is 2. The van der Waals surface area contributed by atoms with Crippen LogP contribution in [0.1, 0.15) is 95.1 Å². The number of benzene rings is 2. The van der Waals surface area contributed by atoms with E-state index in [-0.39, 0.29) is 29.8 Å². The molecule has 0 amide bonds. The van der Waals surface area contributed by atoms with Gasteiger partial charge in [-0.05, 0) is 67.2 Å². The standard InChI is InChI=1S/C28H36F2O2/c1-3-5-7-8-19-9-11-20(12-10-19)21-13-14-22-23-15-16-25(31-17-6-4-2)27(30)28(23)32-18-24(22)26(21)29/h13-16,19-20H,3-12,17-18H2,1-2H3. The molecule has 0 atom stereocenters. The highest BCUT2D eigenvalue weighted by atomic mass is 19.1. The maximum Gasteiger partial charge on any atom is 0.207 e. The summed E-state index contributed by atoms with van der Waals surface area (Å²) < 4.78 is 41.8. The molecule has 0 aromatic heterocycles. The molecule has 4 heteroatoms. The zero-order chi connectivity index (χ0) is 22.5. The summed E-state index contributed by atoms with van der Waals surface area (Å²) in [5.41, 5.74) is 2.71. The molecule has 32 heavy (non-hydrogen) atoms. The van der Waals surface area contributed by atoms with E-state index in [9.17, 15) is 4.39 Å². The average molecular weight is 443 g/mol. The largest absolute Gasteiger partial charge is 0.490 e. The lowest BCUT2D eigenvalue weighted by atomic mass is 9.76. The van der Waals surface area contributed by atoms with Gasteiger partial charge in [0.05, 0.1) is 6.61 Å². The van der Waals surface area contributed by atoms with Gasteiger partial charge in [0.1, 0.15) is 12.4 Å². The molecule has 0 radical (unpaired) electrons. The fourth-order valence-corrected chi connectivity index (χ4v) is 5.27. The Kier molecular flexibility index (Phi) is 7.70. The van der Waals surface area contributed by atoms with Crippen LogP contribution in [-0.2, 0) is 6.61 Å². The van der Waals surface area contributed by atoms with E-state index in [1.54, 1.807) is 12.1 Å². The first kappa shape index (κ1) is 23.1. The predicted octanol–water partition coefficient (Wildman–Crippen LogP) is 8.56. The monoisotopic (exact) mass is 442 g/mol. The molecule has 4 rings (SSSR count). The van der Waals surface area contributed by atoms with Gasteiger partial charge < -0.3 is 9.47 Å². The molecule has 1 fully saturated rings. The summed E-state index contributed by atoms with van der Waals surface area (Å²) in [4.78, 5) is 0. The minimum Gasteiger partial charge on any atom is -0.490 e. The van der Waals surface area contributed by atoms with Gasteiger partial charge in [0.2, 0.25) is 5.82 Å². The van der Waals surface area contributed by atoms with Crippen molar-refractivity contribution >= 4 is 0 Å². The third kappa shape index (κ3) is 4.79. The summed E-state index contributed by atoms with van der Waals surface area (Å²) in [5, 5.41) is 0. The molecular weight excluding hydrogens is 406 g/mol. The Morgan fingerprint density at radius 2 is 1.62 bits per heavy atom. The normalized spacial score (nSPS) is 19.8. The van der Waals surface area contributed by atoms with Crippen LogP contribution >= 0.6 is 0 Å². The van der Waals surface area contributed by atoms with Gasteiger partial charge in [-0.3, -0.25) is 0 Å². The zero-order valence-corrected chi connectivity index (χ0v) is 19.5. The topological polar surface area (TPSA) is 18.5 Å². The van der Waals surface area contributed by atoms with Crippen LogP contribution in [0.4, 0.5) is 8.78 Å². The van der Waals surface area contributed by atoms with Crippen LogP contribution in [0.5, 0.6) is 11.5 Å². The van der Waals surface area contributed by atoms with Crippen molar-refractivity contribution in [3.63, 3.8) is 0 Å². The van der Waals surface area contributed by atoms with Gasteiger partial charge in [-0.25, -0.2) is 4.39 Å². The molecule has 0 N–H and O–H groups in total. The van der Waals surface area contributed by atoms with Crippen molar-refractivity contribution in [1.29, 1.82) is 0 Å². The van der Waals surface area contributed by atoms with Gasteiger partial charge in [-0.2, -0.15) is 4.39 Å². The molecule has 1 aliphatic carbocycles. The van der Waals surface area contributed by atoms with Crippen LogP contribution in [-0.4, -0.2) is 6.61 Å². The first-order chi connectivity index (χ1) is 15.6. The van der Waals surface area contributed by atoms with Crippen molar-refractivity contribution < 1.29 is 18.3 Å². The van der Waals surface area contributed by atoms with Crippen LogP contribution in [0.3, 0.4) is 0 Å². The maximum absolute atomic E-state index is 15.6. The third-order valence-electron chi connectivity index (χ3n) is 7.24. The number of hydrogen-bond donors (Lipinski definition) is 0. The number of fused-ring (bicyclic) bond motifs is 3. The van der Waals surface area contributed by atoms with E-state index in [1.165, 1.54) is 38.5 Å². The first-order valence-corrected chi connectivity index (χ1v) is 12.5. The lowest BCUT2D eigenvalue weighted by molar-refractivity contribution is 0.259. The maximum atomic E-state index is 15.6. The molecule has 0 unspecified atom stereocenters. The molecule has 2 nitrogen and oxygen atoms in total. The van der Waals surface area contributed by atoms with Gasteiger partial charge in [0.15, 0.2) is 11.5 Å².